The highest BCUT2D eigenvalue weighted by Gasteiger charge is 2.35. The Morgan fingerprint density at radius 1 is 1.28 bits per heavy atom. The molecule has 0 unspecified atom stereocenters. The van der Waals surface area contributed by atoms with Crippen LogP contribution in [0.2, 0.25) is 0 Å². The third kappa shape index (κ3) is 4.46. The van der Waals surface area contributed by atoms with Gasteiger partial charge in [-0.05, 0) is 46.5 Å². The fourth-order valence-corrected chi connectivity index (χ4v) is 2.21. The van der Waals surface area contributed by atoms with E-state index in [1.165, 1.54) is 0 Å². The second-order valence-corrected chi connectivity index (χ2v) is 6.24. The Kier molecular flexibility index (Phi) is 4.99. The summed E-state index contributed by atoms with van der Waals surface area (Å²) in [5.41, 5.74) is -0.856. The summed E-state index contributed by atoms with van der Waals surface area (Å²) in [6.07, 6.45) is 2.58. The number of hydrogen-bond donors (Lipinski definition) is 3. The number of amides is 1. The molecule has 0 bridgehead atoms. The normalized spacial score (nSPS) is 20.5. The Bertz CT molecular complexity index is 271. The number of carbonyl (C=O) groups excluding carboxylic acids is 1. The highest BCUT2D eigenvalue weighted by Crippen LogP contribution is 2.35. The lowest BCUT2D eigenvalue weighted by atomic mass is 9.73. The summed E-state index contributed by atoms with van der Waals surface area (Å²) >= 11 is 0. The first-order valence-corrected chi connectivity index (χ1v) is 6.51. The van der Waals surface area contributed by atoms with Crippen molar-refractivity contribution < 1.29 is 19.7 Å². The van der Waals surface area contributed by atoms with Crippen LogP contribution in [0.4, 0.5) is 4.79 Å². The molecule has 0 aromatic heterocycles. The quantitative estimate of drug-likeness (QED) is 0.716. The zero-order valence-corrected chi connectivity index (χ0v) is 11.5. The van der Waals surface area contributed by atoms with Crippen LogP contribution < -0.4 is 5.32 Å². The first kappa shape index (κ1) is 15.2. The average Bonchev–Trinajstić information content (AvgIpc) is 2.28. The third-order valence-electron chi connectivity index (χ3n) is 3.44. The van der Waals surface area contributed by atoms with Crippen molar-refractivity contribution in [1.82, 2.24) is 5.32 Å². The van der Waals surface area contributed by atoms with E-state index in [0.29, 0.717) is 0 Å². The molecule has 3 N–H and O–H groups in total. The van der Waals surface area contributed by atoms with E-state index < -0.39 is 11.7 Å². The van der Waals surface area contributed by atoms with Crippen LogP contribution in [0.15, 0.2) is 0 Å². The molecule has 1 aliphatic rings. The predicted octanol–water partition coefficient (Wildman–Crippen LogP) is 1.42. The minimum Gasteiger partial charge on any atom is -0.444 e. The Hall–Kier alpha value is -0.810. The molecular formula is C13H25NO4. The molecule has 5 nitrogen and oxygen atoms in total. The van der Waals surface area contributed by atoms with Crippen LogP contribution in [-0.4, -0.2) is 41.2 Å². The molecule has 1 amide bonds. The molecule has 1 rings (SSSR count). The Balaban J connectivity index is 2.38. The summed E-state index contributed by atoms with van der Waals surface area (Å²) in [4.78, 5) is 11.6. The molecule has 0 aromatic carbocycles. The number of rotatable bonds is 3. The predicted molar refractivity (Wildman–Crippen MR) is 68.2 cm³/mol. The summed E-state index contributed by atoms with van der Waals surface area (Å²) in [6, 6.07) is 0.0751. The smallest absolute Gasteiger partial charge is 0.407 e. The molecule has 1 saturated carbocycles. The Morgan fingerprint density at radius 3 is 2.17 bits per heavy atom. The summed E-state index contributed by atoms with van der Waals surface area (Å²) in [6.45, 7) is 5.49. The maximum Gasteiger partial charge on any atom is 0.407 e. The van der Waals surface area contributed by atoms with Gasteiger partial charge in [0.15, 0.2) is 0 Å². The molecule has 0 aliphatic heterocycles. The van der Waals surface area contributed by atoms with E-state index in [9.17, 15) is 15.0 Å². The minimum atomic E-state index is -0.487. The van der Waals surface area contributed by atoms with Crippen LogP contribution in [0.1, 0.15) is 46.5 Å². The van der Waals surface area contributed by atoms with E-state index in [0.717, 1.165) is 25.7 Å². The standard InChI is InChI=1S/C13H25NO4/c1-12(2,3)18-11(17)14-10-4-6-13(8-15,9-16)7-5-10/h10,15-16H,4-9H2,1-3H3,(H,14,17). The van der Waals surface area contributed by atoms with Crippen LogP contribution in [0, 0.1) is 5.41 Å². The van der Waals surface area contributed by atoms with Gasteiger partial charge < -0.3 is 20.3 Å². The Labute approximate surface area is 109 Å². The molecule has 0 radical (unpaired) electrons. The van der Waals surface area contributed by atoms with Crippen LogP contribution in [0.25, 0.3) is 0 Å². The highest BCUT2D eigenvalue weighted by atomic mass is 16.6. The zero-order chi connectivity index (χ0) is 13.8. The third-order valence-corrected chi connectivity index (χ3v) is 3.44. The average molecular weight is 259 g/mol. The molecule has 0 aromatic rings. The lowest BCUT2D eigenvalue weighted by Crippen LogP contribution is -2.44. The molecule has 0 heterocycles. The van der Waals surface area contributed by atoms with Crippen molar-refractivity contribution in [2.75, 3.05) is 13.2 Å². The largest absolute Gasteiger partial charge is 0.444 e. The number of aliphatic hydroxyl groups excluding tert-OH is 2. The van der Waals surface area contributed by atoms with Gasteiger partial charge in [0.25, 0.3) is 0 Å². The number of hydrogen-bond acceptors (Lipinski definition) is 4. The topological polar surface area (TPSA) is 78.8 Å². The van der Waals surface area contributed by atoms with E-state index in [2.05, 4.69) is 5.32 Å². The van der Waals surface area contributed by atoms with E-state index in [1.54, 1.807) is 0 Å². The molecule has 18 heavy (non-hydrogen) atoms. The van der Waals surface area contributed by atoms with Gasteiger partial charge >= 0.3 is 6.09 Å². The molecule has 106 valence electrons. The van der Waals surface area contributed by atoms with Gasteiger partial charge in [-0.2, -0.15) is 0 Å². The van der Waals surface area contributed by atoms with E-state index in [4.69, 9.17) is 4.74 Å². The molecule has 0 atom stereocenters. The summed E-state index contributed by atoms with van der Waals surface area (Å²) < 4.78 is 5.20. The lowest BCUT2D eigenvalue weighted by Gasteiger charge is -2.37. The van der Waals surface area contributed by atoms with E-state index in [-0.39, 0.29) is 24.7 Å². The monoisotopic (exact) mass is 259 g/mol. The second kappa shape index (κ2) is 5.89. The molecule has 0 spiro atoms. The minimum absolute atomic E-state index is 0.00264. The lowest BCUT2D eigenvalue weighted by molar-refractivity contribution is 0.0124. The van der Waals surface area contributed by atoms with Gasteiger partial charge in [0.05, 0.1) is 13.2 Å². The van der Waals surface area contributed by atoms with Crippen molar-refractivity contribution in [3.05, 3.63) is 0 Å². The molecule has 5 heteroatoms. The number of aliphatic hydroxyl groups is 2. The maximum atomic E-state index is 11.6. The van der Waals surface area contributed by atoms with Crippen molar-refractivity contribution in [1.29, 1.82) is 0 Å². The highest BCUT2D eigenvalue weighted by molar-refractivity contribution is 5.68. The van der Waals surface area contributed by atoms with Crippen LogP contribution in [0.5, 0.6) is 0 Å². The van der Waals surface area contributed by atoms with Crippen LogP contribution in [0.3, 0.4) is 0 Å². The van der Waals surface area contributed by atoms with Gasteiger partial charge in [-0.25, -0.2) is 4.79 Å². The second-order valence-electron chi connectivity index (χ2n) is 6.24. The number of ether oxygens (including phenoxy) is 1. The van der Waals surface area contributed by atoms with Gasteiger partial charge in [-0.1, -0.05) is 0 Å². The van der Waals surface area contributed by atoms with E-state index in [1.807, 2.05) is 20.8 Å². The summed E-state index contributed by atoms with van der Waals surface area (Å²) in [5, 5.41) is 21.4. The number of nitrogens with one attached hydrogen (secondary N) is 1. The van der Waals surface area contributed by atoms with Crippen LogP contribution >= 0.6 is 0 Å². The summed E-state index contributed by atoms with van der Waals surface area (Å²) in [5.74, 6) is 0. The number of carbonyl (C=O) groups is 1. The first-order chi connectivity index (χ1) is 8.30. The fraction of sp³-hybridized carbons (Fsp3) is 0.923. The molecule has 1 aliphatic carbocycles. The summed E-state index contributed by atoms with van der Waals surface area (Å²) in [7, 11) is 0. The van der Waals surface area contributed by atoms with Crippen molar-refractivity contribution in [3.8, 4) is 0 Å². The van der Waals surface area contributed by atoms with Gasteiger partial charge in [-0.3, -0.25) is 0 Å². The van der Waals surface area contributed by atoms with Crippen LogP contribution in [-0.2, 0) is 4.74 Å². The zero-order valence-electron chi connectivity index (χ0n) is 11.5. The van der Waals surface area contributed by atoms with Crippen molar-refractivity contribution in [2.45, 2.75) is 58.1 Å². The first-order valence-electron chi connectivity index (χ1n) is 6.51. The maximum absolute atomic E-state index is 11.6. The van der Waals surface area contributed by atoms with Gasteiger partial charge in [-0.15, -0.1) is 0 Å². The van der Waals surface area contributed by atoms with Gasteiger partial charge in [0.2, 0.25) is 0 Å². The number of alkyl carbamates (subject to hydrolysis) is 1. The van der Waals surface area contributed by atoms with Gasteiger partial charge in [0, 0.05) is 11.5 Å². The van der Waals surface area contributed by atoms with Crippen molar-refractivity contribution >= 4 is 6.09 Å². The SMILES string of the molecule is CC(C)(C)OC(=O)NC1CCC(CO)(CO)CC1. The van der Waals surface area contributed by atoms with Gasteiger partial charge in [0.1, 0.15) is 5.60 Å². The molecular weight excluding hydrogens is 234 g/mol. The Morgan fingerprint density at radius 2 is 1.78 bits per heavy atom. The fourth-order valence-electron chi connectivity index (χ4n) is 2.21. The van der Waals surface area contributed by atoms with Crippen molar-refractivity contribution in [3.63, 3.8) is 0 Å². The molecule has 1 fully saturated rings. The molecule has 0 saturated heterocycles. The van der Waals surface area contributed by atoms with E-state index >= 15 is 0 Å². The van der Waals surface area contributed by atoms with Crippen molar-refractivity contribution in [2.24, 2.45) is 5.41 Å².